The summed E-state index contributed by atoms with van der Waals surface area (Å²) in [6.45, 7) is 1.86. The summed E-state index contributed by atoms with van der Waals surface area (Å²) in [6, 6.07) is 12.0. The maximum atomic E-state index is 12.4. The summed E-state index contributed by atoms with van der Waals surface area (Å²) in [5, 5.41) is 3.44. The molecule has 142 valence electrons. The van der Waals surface area contributed by atoms with Crippen LogP contribution >= 0.6 is 11.3 Å². The predicted molar refractivity (Wildman–Crippen MR) is 97.9 cm³/mol. The van der Waals surface area contributed by atoms with Crippen molar-refractivity contribution in [3.63, 3.8) is 0 Å². The van der Waals surface area contributed by atoms with E-state index in [0.29, 0.717) is 5.69 Å². The van der Waals surface area contributed by atoms with Crippen molar-refractivity contribution in [1.29, 1.82) is 0 Å². The van der Waals surface area contributed by atoms with Crippen molar-refractivity contribution in [3.05, 3.63) is 53.5 Å². The zero-order chi connectivity index (χ0) is 19.6. The number of benzene rings is 2. The number of thiazole rings is 1. The Morgan fingerprint density at radius 3 is 2.48 bits per heavy atom. The topological polar surface area (TPSA) is 54.5 Å². The molecule has 0 aliphatic heterocycles. The Hall–Kier alpha value is -2.81. The molecular weight excluding hydrogens is 379 g/mol. The SMILES string of the molecule is C[C@@H](c1nc2ccccc2s1)N(C)C(=O)Nc1ccc(OC(F)(F)F)cc1. The molecule has 0 saturated heterocycles. The van der Waals surface area contributed by atoms with Crippen LogP contribution in [0.1, 0.15) is 18.0 Å². The molecule has 0 bridgehead atoms. The lowest BCUT2D eigenvalue weighted by molar-refractivity contribution is -0.274. The van der Waals surface area contributed by atoms with Crippen molar-refractivity contribution >= 4 is 33.3 Å². The molecule has 3 aromatic rings. The van der Waals surface area contributed by atoms with Crippen LogP contribution in [-0.2, 0) is 0 Å². The highest BCUT2D eigenvalue weighted by Gasteiger charge is 2.31. The van der Waals surface area contributed by atoms with Gasteiger partial charge in [0.05, 0.1) is 16.3 Å². The first-order chi connectivity index (χ1) is 12.7. The summed E-state index contributed by atoms with van der Waals surface area (Å²) in [4.78, 5) is 18.5. The van der Waals surface area contributed by atoms with Crippen molar-refractivity contribution in [2.45, 2.75) is 19.3 Å². The molecule has 0 aliphatic carbocycles. The van der Waals surface area contributed by atoms with Gasteiger partial charge in [-0.3, -0.25) is 0 Å². The maximum absolute atomic E-state index is 12.4. The summed E-state index contributed by atoms with van der Waals surface area (Å²) in [7, 11) is 1.63. The molecule has 1 N–H and O–H groups in total. The number of aromatic nitrogens is 1. The summed E-state index contributed by atoms with van der Waals surface area (Å²) >= 11 is 1.51. The van der Waals surface area contributed by atoms with Crippen molar-refractivity contribution in [1.82, 2.24) is 9.88 Å². The van der Waals surface area contributed by atoms with E-state index in [9.17, 15) is 18.0 Å². The van der Waals surface area contributed by atoms with E-state index in [1.807, 2.05) is 31.2 Å². The van der Waals surface area contributed by atoms with Crippen molar-refractivity contribution in [3.8, 4) is 5.75 Å². The van der Waals surface area contributed by atoms with E-state index >= 15 is 0 Å². The van der Waals surface area contributed by atoms with E-state index < -0.39 is 12.4 Å². The molecular formula is C18H16F3N3O2S. The number of fused-ring (bicyclic) bond motifs is 1. The molecule has 1 heterocycles. The number of nitrogens with zero attached hydrogens (tertiary/aromatic N) is 2. The molecule has 0 saturated carbocycles. The highest BCUT2D eigenvalue weighted by atomic mass is 32.1. The van der Waals surface area contributed by atoms with Crippen molar-refractivity contribution in [2.75, 3.05) is 12.4 Å². The van der Waals surface area contributed by atoms with Crippen LogP contribution in [0.4, 0.5) is 23.7 Å². The number of amides is 2. The zero-order valence-electron chi connectivity index (χ0n) is 14.4. The Morgan fingerprint density at radius 2 is 1.85 bits per heavy atom. The second-order valence-corrected chi connectivity index (χ2v) is 6.87. The minimum atomic E-state index is -4.75. The van der Waals surface area contributed by atoms with Crippen LogP contribution in [0, 0.1) is 0 Å². The molecule has 1 aromatic heterocycles. The van der Waals surface area contributed by atoms with E-state index in [1.54, 1.807) is 7.05 Å². The number of carbonyl (C=O) groups excluding carboxylic acids is 1. The normalized spacial score (nSPS) is 12.6. The molecule has 3 rings (SSSR count). The highest BCUT2D eigenvalue weighted by Crippen LogP contribution is 2.29. The first-order valence-electron chi connectivity index (χ1n) is 7.98. The molecule has 0 radical (unpaired) electrons. The van der Waals surface area contributed by atoms with Crippen LogP contribution in [0.2, 0.25) is 0 Å². The van der Waals surface area contributed by atoms with Gasteiger partial charge in [0.2, 0.25) is 0 Å². The quantitative estimate of drug-likeness (QED) is 0.642. The van der Waals surface area contributed by atoms with E-state index in [4.69, 9.17) is 0 Å². The average Bonchev–Trinajstić information content (AvgIpc) is 3.05. The molecule has 2 aromatic carbocycles. The number of ether oxygens (including phenoxy) is 1. The Labute approximate surface area is 157 Å². The van der Waals surface area contributed by atoms with Crippen LogP contribution in [0.5, 0.6) is 5.75 Å². The van der Waals surface area contributed by atoms with E-state index in [-0.39, 0.29) is 11.8 Å². The lowest BCUT2D eigenvalue weighted by Crippen LogP contribution is -2.33. The highest BCUT2D eigenvalue weighted by molar-refractivity contribution is 7.18. The Morgan fingerprint density at radius 1 is 1.19 bits per heavy atom. The van der Waals surface area contributed by atoms with Gasteiger partial charge >= 0.3 is 12.4 Å². The van der Waals surface area contributed by atoms with E-state index in [1.165, 1.54) is 28.4 Å². The first kappa shape index (κ1) is 19.0. The van der Waals surface area contributed by atoms with E-state index in [2.05, 4.69) is 15.0 Å². The molecule has 0 spiro atoms. The molecule has 5 nitrogen and oxygen atoms in total. The summed E-state index contributed by atoms with van der Waals surface area (Å²) in [5.74, 6) is -0.350. The van der Waals surface area contributed by atoms with Gasteiger partial charge < -0.3 is 15.0 Å². The van der Waals surface area contributed by atoms with Gasteiger partial charge in [-0.05, 0) is 43.3 Å². The minimum Gasteiger partial charge on any atom is -0.406 e. The third kappa shape index (κ3) is 4.68. The van der Waals surface area contributed by atoms with Gasteiger partial charge in [-0.2, -0.15) is 0 Å². The van der Waals surface area contributed by atoms with Gasteiger partial charge in [-0.1, -0.05) is 12.1 Å². The standard InChI is InChI=1S/C18H16F3N3O2S/c1-11(16-23-14-5-3-4-6-15(14)27-16)24(2)17(25)22-12-7-9-13(10-8-12)26-18(19,20)21/h3-11H,1-2H3,(H,22,25)/t11-/m0/s1. The monoisotopic (exact) mass is 395 g/mol. The molecule has 27 heavy (non-hydrogen) atoms. The molecule has 1 atom stereocenters. The Bertz CT molecular complexity index is 908. The zero-order valence-corrected chi connectivity index (χ0v) is 15.3. The first-order valence-corrected chi connectivity index (χ1v) is 8.80. The second kappa shape index (κ2) is 7.43. The number of anilines is 1. The number of para-hydroxylation sites is 1. The largest absolute Gasteiger partial charge is 0.573 e. The molecule has 0 fully saturated rings. The number of hydrogen-bond acceptors (Lipinski definition) is 4. The van der Waals surface area contributed by atoms with Crippen LogP contribution in [-0.4, -0.2) is 29.3 Å². The third-order valence-electron chi connectivity index (χ3n) is 3.91. The molecule has 0 unspecified atom stereocenters. The molecule has 0 aliphatic rings. The lowest BCUT2D eigenvalue weighted by atomic mass is 10.3. The molecule has 2 amide bonds. The lowest BCUT2D eigenvalue weighted by Gasteiger charge is -2.23. The van der Waals surface area contributed by atoms with Crippen molar-refractivity contribution in [2.24, 2.45) is 0 Å². The predicted octanol–water partition coefficient (Wildman–Crippen LogP) is 5.42. The number of rotatable bonds is 4. The van der Waals surface area contributed by atoms with Crippen LogP contribution in [0.15, 0.2) is 48.5 Å². The summed E-state index contributed by atoms with van der Waals surface area (Å²) < 4.78 is 41.4. The average molecular weight is 395 g/mol. The number of hydrogen-bond donors (Lipinski definition) is 1. The van der Waals surface area contributed by atoms with Gasteiger partial charge in [0, 0.05) is 12.7 Å². The van der Waals surface area contributed by atoms with Gasteiger partial charge in [-0.15, -0.1) is 24.5 Å². The fourth-order valence-corrected chi connectivity index (χ4v) is 3.42. The van der Waals surface area contributed by atoms with E-state index in [0.717, 1.165) is 27.4 Å². The summed E-state index contributed by atoms with van der Waals surface area (Å²) in [6.07, 6.45) is -4.75. The van der Waals surface area contributed by atoms with Crippen LogP contribution in [0.3, 0.4) is 0 Å². The number of halogens is 3. The third-order valence-corrected chi connectivity index (χ3v) is 5.11. The van der Waals surface area contributed by atoms with Gasteiger partial charge in [0.1, 0.15) is 10.8 Å². The second-order valence-electron chi connectivity index (χ2n) is 5.81. The number of carbonyl (C=O) groups is 1. The maximum Gasteiger partial charge on any atom is 0.573 e. The number of nitrogens with one attached hydrogen (secondary N) is 1. The fraction of sp³-hybridized carbons (Fsp3) is 0.222. The van der Waals surface area contributed by atoms with Gasteiger partial charge in [0.15, 0.2) is 0 Å². The smallest absolute Gasteiger partial charge is 0.406 e. The van der Waals surface area contributed by atoms with Gasteiger partial charge in [-0.25, -0.2) is 9.78 Å². The minimum absolute atomic E-state index is 0.268. The van der Waals surface area contributed by atoms with Crippen molar-refractivity contribution < 1.29 is 22.7 Å². The fourth-order valence-electron chi connectivity index (χ4n) is 2.36. The van der Waals surface area contributed by atoms with Crippen LogP contribution in [0.25, 0.3) is 10.2 Å². The Balaban J connectivity index is 1.66. The summed E-state index contributed by atoms with van der Waals surface area (Å²) in [5.41, 5.74) is 1.23. The number of alkyl halides is 3. The van der Waals surface area contributed by atoms with Gasteiger partial charge in [0.25, 0.3) is 0 Å². The van der Waals surface area contributed by atoms with Crippen LogP contribution < -0.4 is 10.1 Å². The number of urea groups is 1. The molecule has 9 heteroatoms. The Kier molecular flexibility index (Phi) is 5.22.